The second-order valence-corrected chi connectivity index (χ2v) is 4.17. The zero-order valence-electron chi connectivity index (χ0n) is 9.93. The van der Waals surface area contributed by atoms with Gasteiger partial charge in [-0.2, -0.15) is 0 Å². The Hall–Kier alpha value is -2.82. The molecule has 0 saturated carbocycles. The van der Waals surface area contributed by atoms with Gasteiger partial charge < -0.3 is 0 Å². The van der Waals surface area contributed by atoms with E-state index in [0.29, 0.717) is 5.65 Å². The molecule has 0 fully saturated rings. The molecule has 0 atom stereocenters. The number of hydrogen-bond acceptors (Lipinski definition) is 4. The molecule has 0 spiro atoms. The van der Waals surface area contributed by atoms with Crippen LogP contribution < -0.4 is 0 Å². The first kappa shape index (κ1) is 10.1. The zero-order chi connectivity index (χ0) is 12.7. The van der Waals surface area contributed by atoms with E-state index < -0.39 is 0 Å². The molecule has 0 N–H and O–H groups in total. The summed E-state index contributed by atoms with van der Waals surface area (Å²) in [6.45, 7) is 0. The number of benzene rings is 1. The quantitative estimate of drug-likeness (QED) is 0.518. The maximum absolute atomic E-state index is 4.36. The van der Waals surface area contributed by atoms with Crippen LogP contribution in [0, 0.1) is 0 Å². The van der Waals surface area contributed by atoms with Crippen LogP contribution in [-0.2, 0) is 0 Å². The van der Waals surface area contributed by atoms with Gasteiger partial charge in [0.2, 0.25) is 0 Å². The summed E-state index contributed by atoms with van der Waals surface area (Å²) in [4.78, 5) is 17.2. The lowest BCUT2D eigenvalue weighted by molar-refractivity contribution is 1.08. The summed E-state index contributed by atoms with van der Waals surface area (Å²) in [7, 11) is 0. The topological polar surface area (TPSA) is 56.5 Å². The van der Waals surface area contributed by atoms with Crippen molar-refractivity contribution in [1.82, 2.24) is 24.5 Å². The normalized spacial score (nSPS) is 11.2. The maximum atomic E-state index is 4.36. The summed E-state index contributed by atoms with van der Waals surface area (Å²) in [6.07, 6.45) is 6.85. The van der Waals surface area contributed by atoms with Crippen LogP contribution in [0.1, 0.15) is 0 Å². The molecule has 5 heteroatoms. The Labute approximate surface area is 108 Å². The Balaban J connectivity index is 2.10. The standard InChI is InChI=1S/C14H9N5/c1-4-11-10(3-2-6-15-11)12(5-1)19-9-18-13-14(19)17-8-7-16-13/h1-9H. The van der Waals surface area contributed by atoms with Crippen molar-refractivity contribution in [2.75, 3.05) is 0 Å². The lowest BCUT2D eigenvalue weighted by atomic mass is 10.2. The first-order valence-electron chi connectivity index (χ1n) is 5.92. The van der Waals surface area contributed by atoms with E-state index >= 15 is 0 Å². The van der Waals surface area contributed by atoms with Gasteiger partial charge in [-0.1, -0.05) is 6.07 Å². The summed E-state index contributed by atoms with van der Waals surface area (Å²) in [5.41, 5.74) is 3.35. The van der Waals surface area contributed by atoms with Crippen LogP contribution in [0.4, 0.5) is 0 Å². The molecule has 0 amide bonds. The molecule has 90 valence electrons. The van der Waals surface area contributed by atoms with Crippen LogP contribution in [-0.4, -0.2) is 24.5 Å². The van der Waals surface area contributed by atoms with E-state index in [9.17, 15) is 0 Å². The van der Waals surface area contributed by atoms with Gasteiger partial charge in [-0.3, -0.25) is 9.55 Å². The number of pyridine rings is 1. The van der Waals surface area contributed by atoms with E-state index in [1.807, 2.05) is 34.9 Å². The third-order valence-corrected chi connectivity index (χ3v) is 3.07. The average Bonchev–Trinajstić information content (AvgIpc) is 2.90. The number of fused-ring (bicyclic) bond motifs is 2. The van der Waals surface area contributed by atoms with Gasteiger partial charge in [0.1, 0.15) is 6.33 Å². The fourth-order valence-corrected chi connectivity index (χ4v) is 2.22. The van der Waals surface area contributed by atoms with Gasteiger partial charge >= 0.3 is 0 Å². The van der Waals surface area contributed by atoms with E-state index in [-0.39, 0.29) is 0 Å². The molecule has 3 aromatic heterocycles. The van der Waals surface area contributed by atoms with E-state index in [4.69, 9.17) is 0 Å². The minimum Gasteiger partial charge on any atom is -0.281 e. The lowest BCUT2D eigenvalue weighted by Gasteiger charge is -2.06. The minimum atomic E-state index is 0.642. The number of hydrogen-bond donors (Lipinski definition) is 0. The molecule has 0 saturated heterocycles. The van der Waals surface area contributed by atoms with E-state index in [2.05, 4.69) is 19.9 Å². The highest BCUT2D eigenvalue weighted by Gasteiger charge is 2.09. The number of rotatable bonds is 1. The van der Waals surface area contributed by atoms with Gasteiger partial charge in [0.15, 0.2) is 11.3 Å². The fourth-order valence-electron chi connectivity index (χ4n) is 2.22. The average molecular weight is 247 g/mol. The zero-order valence-corrected chi connectivity index (χ0v) is 9.93. The van der Waals surface area contributed by atoms with E-state index in [1.165, 1.54) is 0 Å². The minimum absolute atomic E-state index is 0.642. The van der Waals surface area contributed by atoms with Crippen molar-refractivity contribution in [1.29, 1.82) is 0 Å². The third kappa shape index (κ3) is 1.48. The molecule has 0 radical (unpaired) electrons. The number of imidazole rings is 1. The van der Waals surface area contributed by atoms with Crippen LogP contribution in [0.25, 0.3) is 27.9 Å². The molecule has 0 bridgehead atoms. The lowest BCUT2D eigenvalue weighted by Crippen LogP contribution is -1.95. The molecule has 5 nitrogen and oxygen atoms in total. The Morgan fingerprint density at radius 2 is 1.74 bits per heavy atom. The van der Waals surface area contributed by atoms with Gasteiger partial charge in [-0.25, -0.2) is 15.0 Å². The van der Waals surface area contributed by atoms with Gasteiger partial charge in [0.05, 0.1) is 11.2 Å². The molecule has 4 aromatic rings. The van der Waals surface area contributed by atoms with Crippen molar-refractivity contribution >= 4 is 22.2 Å². The number of nitrogens with zero attached hydrogens (tertiary/aromatic N) is 5. The van der Waals surface area contributed by atoms with Crippen LogP contribution in [0.15, 0.2) is 55.2 Å². The van der Waals surface area contributed by atoms with Gasteiger partial charge in [-0.15, -0.1) is 0 Å². The molecule has 1 aromatic carbocycles. The Kier molecular flexibility index (Phi) is 2.05. The van der Waals surface area contributed by atoms with Crippen LogP contribution in [0.2, 0.25) is 0 Å². The van der Waals surface area contributed by atoms with Crippen molar-refractivity contribution in [3.8, 4) is 5.69 Å². The van der Waals surface area contributed by atoms with E-state index in [1.54, 1.807) is 24.9 Å². The van der Waals surface area contributed by atoms with E-state index in [0.717, 1.165) is 22.2 Å². The molecule has 19 heavy (non-hydrogen) atoms. The smallest absolute Gasteiger partial charge is 0.197 e. The van der Waals surface area contributed by atoms with Crippen molar-refractivity contribution in [3.63, 3.8) is 0 Å². The van der Waals surface area contributed by atoms with Crippen LogP contribution in [0.3, 0.4) is 0 Å². The molecular formula is C14H9N5. The van der Waals surface area contributed by atoms with Gasteiger partial charge in [0, 0.05) is 24.0 Å². The molecule has 4 rings (SSSR count). The largest absolute Gasteiger partial charge is 0.281 e. The van der Waals surface area contributed by atoms with Crippen molar-refractivity contribution in [2.45, 2.75) is 0 Å². The highest BCUT2D eigenvalue weighted by molar-refractivity contribution is 5.88. The first-order chi connectivity index (χ1) is 9.43. The SMILES string of the molecule is c1cc(-n2cnc3nccnc32)c2cccnc2c1. The summed E-state index contributed by atoms with van der Waals surface area (Å²) < 4.78 is 1.94. The Bertz CT molecular complexity index is 876. The highest BCUT2D eigenvalue weighted by Crippen LogP contribution is 2.22. The van der Waals surface area contributed by atoms with Gasteiger partial charge in [0.25, 0.3) is 0 Å². The van der Waals surface area contributed by atoms with Crippen molar-refractivity contribution in [3.05, 3.63) is 55.2 Å². The fraction of sp³-hybridized carbons (Fsp3) is 0. The molecule has 0 aliphatic heterocycles. The molecule has 3 heterocycles. The summed E-state index contributed by atoms with van der Waals surface area (Å²) in [5.74, 6) is 0. The van der Waals surface area contributed by atoms with Crippen molar-refractivity contribution < 1.29 is 0 Å². The van der Waals surface area contributed by atoms with Gasteiger partial charge in [-0.05, 0) is 24.3 Å². The highest BCUT2D eigenvalue weighted by atomic mass is 15.1. The third-order valence-electron chi connectivity index (χ3n) is 3.07. The second kappa shape index (κ2) is 3.84. The second-order valence-electron chi connectivity index (χ2n) is 4.17. The molecular weight excluding hydrogens is 238 g/mol. The Morgan fingerprint density at radius 3 is 2.74 bits per heavy atom. The predicted molar refractivity (Wildman–Crippen MR) is 72.0 cm³/mol. The summed E-state index contributed by atoms with van der Waals surface area (Å²) >= 11 is 0. The maximum Gasteiger partial charge on any atom is 0.197 e. The first-order valence-corrected chi connectivity index (χ1v) is 5.92. The molecule has 0 aliphatic carbocycles. The summed E-state index contributed by atoms with van der Waals surface area (Å²) in [6, 6.07) is 9.97. The Morgan fingerprint density at radius 1 is 0.789 bits per heavy atom. The monoisotopic (exact) mass is 247 g/mol. The molecule has 0 aliphatic rings. The van der Waals surface area contributed by atoms with Crippen molar-refractivity contribution in [2.24, 2.45) is 0 Å². The molecule has 0 unspecified atom stereocenters. The van der Waals surface area contributed by atoms with Crippen LogP contribution in [0.5, 0.6) is 0 Å². The summed E-state index contributed by atoms with van der Waals surface area (Å²) in [5, 5.41) is 1.06. The van der Waals surface area contributed by atoms with Crippen LogP contribution >= 0.6 is 0 Å². The predicted octanol–water partition coefficient (Wildman–Crippen LogP) is 2.36. The number of aromatic nitrogens is 5.